The minimum absolute atomic E-state index is 0.0999. The highest BCUT2D eigenvalue weighted by molar-refractivity contribution is 7.89. The standard InChI is InChI=1S/C16H14ClN3O3S2/c1-10-19-14-7-6-13(8-15(14)24-10)25(22,23)18-9-16(21)20-12-4-2-11(17)3-5-12/h2-8,18H,9H2,1H3,(H,20,21). The minimum Gasteiger partial charge on any atom is -0.325 e. The molecule has 6 nitrogen and oxygen atoms in total. The summed E-state index contributed by atoms with van der Waals surface area (Å²) in [5, 5.41) is 4.00. The average molecular weight is 396 g/mol. The Morgan fingerprint density at radius 2 is 1.92 bits per heavy atom. The molecule has 0 saturated heterocycles. The summed E-state index contributed by atoms with van der Waals surface area (Å²) in [6.45, 7) is 1.49. The Balaban J connectivity index is 1.67. The van der Waals surface area contributed by atoms with E-state index in [1.807, 2.05) is 6.92 Å². The van der Waals surface area contributed by atoms with Gasteiger partial charge in [0.1, 0.15) is 0 Å². The molecule has 0 aliphatic heterocycles. The maximum absolute atomic E-state index is 12.4. The maximum atomic E-state index is 12.4. The quantitative estimate of drug-likeness (QED) is 0.694. The molecule has 25 heavy (non-hydrogen) atoms. The number of aromatic nitrogens is 1. The number of aryl methyl sites for hydroxylation is 1. The zero-order valence-electron chi connectivity index (χ0n) is 13.1. The molecular weight excluding hydrogens is 382 g/mol. The van der Waals surface area contributed by atoms with E-state index in [9.17, 15) is 13.2 Å². The first kappa shape index (κ1) is 17.8. The Morgan fingerprint density at radius 1 is 1.20 bits per heavy atom. The molecule has 0 aliphatic rings. The van der Waals surface area contributed by atoms with E-state index in [1.165, 1.54) is 17.4 Å². The number of benzene rings is 2. The van der Waals surface area contributed by atoms with Gasteiger partial charge in [-0.05, 0) is 49.4 Å². The summed E-state index contributed by atoms with van der Waals surface area (Å²) in [6, 6.07) is 11.2. The van der Waals surface area contributed by atoms with Gasteiger partial charge < -0.3 is 5.32 Å². The molecule has 2 N–H and O–H groups in total. The van der Waals surface area contributed by atoms with Crippen LogP contribution in [-0.4, -0.2) is 25.9 Å². The van der Waals surface area contributed by atoms with E-state index >= 15 is 0 Å². The molecule has 0 radical (unpaired) electrons. The number of sulfonamides is 1. The highest BCUT2D eigenvalue weighted by atomic mass is 35.5. The van der Waals surface area contributed by atoms with Crippen molar-refractivity contribution in [1.82, 2.24) is 9.71 Å². The predicted molar refractivity (Wildman–Crippen MR) is 99.6 cm³/mol. The van der Waals surface area contributed by atoms with Crippen LogP contribution in [0.15, 0.2) is 47.4 Å². The SMILES string of the molecule is Cc1nc2ccc(S(=O)(=O)NCC(=O)Nc3ccc(Cl)cc3)cc2s1. The van der Waals surface area contributed by atoms with Crippen molar-refractivity contribution < 1.29 is 13.2 Å². The van der Waals surface area contributed by atoms with Gasteiger partial charge in [-0.2, -0.15) is 0 Å². The first-order chi connectivity index (χ1) is 11.8. The van der Waals surface area contributed by atoms with Crippen LogP contribution >= 0.6 is 22.9 Å². The number of fused-ring (bicyclic) bond motifs is 1. The molecule has 130 valence electrons. The molecule has 0 spiro atoms. The van der Waals surface area contributed by atoms with Crippen molar-refractivity contribution in [3.63, 3.8) is 0 Å². The summed E-state index contributed by atoms with van der Waals surface area (Å²) in [5.74, 6) is -0.472. The molecule has 2 aromatic carbocycles. The van der Waals surface area contributed by atoms with Crippen LogP contribution in [0.5, 0.6) is 0 Å². The van der Waals surface area contributed by atoms with Crippen molar-refractivity contribution in [3.05, 3.63) is 52.5 Å². The zero-order valence-corrected chi connectivity index (χ0v) is 15.5. The van der Waals surface area contributed by atoms with Crippen molar-refractivity contribution in [3.8, 4) is 0 Å². The Bertz CT molecular complexity index is 1030. The number of nitrogens with zero attached hydrogens (tertiary/aromatic N) is 1. The molecule has 9 heteroatoms. The third kappa shape index (κ3) is 4.35. The molecule has 0 saturated carbocycles. The number of hydrogen-bond acceptors (Lipinski definition) is 5. The normalized spacial score (nSPS) is 11.6. The van der Waals surface area contributed by atoms with Crippen molar-refractivity contribution >= 4 is 54.8 Å². The molecule has 1 amide bonds. The van der Waals surface area contributed by atoms with E-state index in [-0.39, 0.29) is 11.4 Å². The number of carbonyl (C=O) groups is 1. The van der Waals surface area contributed by atoms with Gasteiger partial charge in [0, 0.05) is 10.7 Å². The number of amides is 1. The van der Waals surface area contributed by atoms with E-state index in [1.54, 1.807) is 36.4 Å². The first-order valence-electron chi connectivity index (χ1n) is 7.26. The summed E-state index contributed by atoms with van der Waals surface area (Å²) >= 11 is 7.19. The minimum atomic E-state index is -3.79. The van der Waals surface area contributed by atoms with Gasteiger partial charge in [0.15, 0.2) is 0 Å². The second-order valence-corrected chi connectivity index (χ2v) is 8.68. The summed E-state index contributed by atoms with van der Waals surface area (Å²) < 4.78 is 27.8. The van der Waals surface area contributed by atoms with Gasteiger partial charge in [0.05, 0.1) is 26.7 Å². The van der Waals surface area contributed by atoms with Crippen molar-refractivity contribution in [2.75, 3.05) is 11.9 Å². The summed E-state index contributed by atoms with van der Waals surface area (Å²) in [4.78, 5) is 16.3. The van der Waals surface area contributed by atoms with Gasteiger partial charge in [-0.3, -0.25) is 4.79 Å². The van der Waals surface area contributed by atoms with Crippen LogP contribution in [0.3, 0.4) is 0 Å². The Labute approximate surface area is 153 Å². The number of halogens is 1. The molecule has 0 atom stereocenters. The largest absolute Gasteiger partial charge is 0.325 e. The molecule has 0 aliphatic carbocycles. The first-order valence-corrected chi connectivity index (χ1v) is 9.93. The van der Waals surface area contributed by atoms with Crippen LogP contribution in [-0.2, 0) is 14.8 Å². The monoisotopic (exact) mass is 395 g/mol. The molecular formula is C16H14ClN3O3S2. The molecule has 0 fully saturated rings. The van der Waals surface area contributed by atoms with Crippen LogP contribution in [0.1, 0.15) is 5.01 Å². The maximum Gasteiger partial charge on any atom is 0.241 e. The second-order valence-electron chi connectivity index (χ2n) is 5.24. The smallest absolute Gasteiger partial charge is 0.241 e. The van der Waals surface area contributed by atoms with Gasteiger partial charge in [-0.15, -0.1) is 11.3 Å². The zero-order chi connectivity index (χ0) is 18.0. The molecule has 0 unspecified atom stereocenters. The van der Waals surface area contributed by atoms with Crippen LogP contribution < -0.4 is 10.0 Å². The fourth-order valence-electron chi connectivity index (χ4n) is 2.17. The Kier molecular flexibility index (Phi) is 5.05. The topological polar surface area (TPSA) is 88.2 Å². The predicted octanol–water partition coefficient (Wildman–Crippen LogP) is 3.18. The summed E-state index contributed by atoms with van der Waals surface area (Å²) in [7, 11) is -3.79. The molecule has 1 heterocycles. The van der Waals surface area contributed by atoms with Crippen molar-refractivity contribution in [2.24, 2.45) is 0 Å². The van der Waals surface area contributed by atoms with Crippen LogP contribution in [0.4, 0.5) is 5.69 Å². The van der Waals surface area contributed by atoms with E-state index in [0.717, 1.165) is 15.2 Å². The fraction of sp³-hybridized carbons (Fsp3) is 0.125. The van der Waals surface area contributed by atoms with Gasteiger partial charge in [0.25, 0.3) is 0 Å². The lowest BCUT2D eigenvalue weighted by molar-refractivity contribution is -0.115. The lowest BCUT2D eigenvalue weighted by atomic mass is 10.3. The second kappa shape index (κ2) is 7.09. The highest BCUT2D eigenvalue weighted by Crippen LogP contribution is 2.24. The van der Waals surface area contributed by atoms with E-state index in [4.69, 9.17) is 11.6 Å². The number of anilines is 1. The third-order valence-corrected chi connectivity index (χ3v) is 5.91. The molecule has 3 aromatic rings. The molecule has 1 aromatic heterocycles. The molecule has 3 rings (SSSR count). The van der Waals surface area contributed by atoms with Crippen LogP contribution in [0, 0.1) is 6.92 Å². The van der Waals surface area contributed by atoms with Crippen molar-refractivity contribution in [1.29, 1.82) is 0 Å². The summed E-state index contributed by atoms with van der Waals surface area (Å²) in [6.07, 6.45) is 0. The average Bonchev–Trinajstić information content (AvgIpc) is 2.94. The third-order valence-electron chi connectivity index (χ3n) is 3.33. The van der Waals surface area contributed by atoms with E-state index < -0.39 is 15.9 Å². The van der Waals surface area contributed by atoms with Gasteiger partial charge in [-0.1, -0.05) is 11.6 Å². The number of nitrogens with one attached hydrogen (secondary N) is 2. The lowest BCUT2D eigenvalue weighted by Crippen LogP contribution is -2.32. The van der Waals surface area contributed by atoms with Gasteiger partial charge in [-0.25, -0.2) is 18.1 Å². The Hall–Kier alpha value is -2.00. The number of rotatable bonds is 5. The lowest BCUT2D eigenvalue weighted by Gasteiger charge is -2.08. The van der Waals surface area contributed by atoms with E-state index in [0.29, 0.717) is 10.7 Å². The number of carbonyl (C=O) groups excluding carboxylic acids is 1. The molecule has 0 bridgehead atoms. The van der Waals surface area contributed by atoms with Gasteiger partial charge in [0.2, 0.25) is 15.9 Å². The summed E-state index contributed by atoms with van der Waals surface area (Å²) in [5.41, 5.74) is 1.29. The Morgan fingerprint density at radius 3 is 2.64 bits per heavy atom. The van der Waals surface area contributed by atoms with Crippen LogP contribution in [0.25, 0.3) is 10.2 Å². The van der Waals surface area contributed by atoms with E-state index in [2.05, 4.69) is 15.0 Å². The van der Waals surface area contributed by atoms with Crippen LogP contribution in [0.2, 0.25) is 5.02 Å². The number of hydrogen-bond donors (Lipinski definition) is 2. The highest BCUT2D eigenvalue weighted by Gasteiger charge is 2.17. The van der Waals surface area contributed by atoms with Gasteiger partial charge >= 0.3 is 0 Å². The fourth-order valence-corrected chi connectivity index (χ4v) is 4.24. The van der Waals surface area contributed by atoms with Crippen molar-refractivity contribution in [2.45, 2.75) is 11.8 Å². The number of thiazole rings is 1.